The van der Waals surface area contributed by atoms with Gasteiger partial charge in [-0.3, -0.25) is 0 Å². The van der Waals surface area contributed by atoms with Crippen molar-refractivity contribution in [1.29, 1.82) is 0 Å². The number of hydrogen-bond acceptors (Lipinski definition) is 4. The van der Waals surface area contributed by atoms with E-state index in [1.165, 1.54) is 50.3 Å². The molecule has 1 aromatic carbocycles. The number of carboxylic acids is 1. The van der Waals surface area contributed by atoms with Gasteiger partial charge in [-0.15, -0.1) is 0 Å². The molecule has 150 valence electrons. The molecule has 0 aliphatic heterocycles. The second-order valence-electron chi connectivity index (χ2n) is 8.38. The highest BCUT2D eigenvalue weighted by Gasteiger charge is 2.48. The number of carbonyl (C=O) groups is 3. The van der Waals surface area contributed by atoms with Crippen LogP contribution >= 0.6 is 0 Å². The van der Waals surface area contributed by atoms with E-state index in [0.717, 1.165) is 11.8 Å². The van der Waals surface area contributed by atoms with Crippen LogP contribution in [0.5, 0.6) is 0 Å². The smallest absolute Gasteiger partial charge is 0.338 e. The first kappa shape index (κ1) is 18.8. The van der Waals surface area contributed by atoms with Gasteiger partial charge in [-0.1, -0.05) is 0 Å². The predicted octanol–water partition coefficient (Wildman–Crippen LogP) is 3.51. The van der Waals surface area contributed by atoms with Crippen molar-refractivity contribution in [2.45, 2.75) is 45.1 Å². The Morgan fingerprint density at radius 1 is 1.00 bits per heavy atom. The Morgan fingerprint density at radius 3 is 2.18 bits per heavy atom. The van der Waals surface area contributed by atoms with Crippen molar-refractivity contribution in [2.75, 3.05) is 11.9 Å². The van der Waals surface area contributed by atoms with Gasteiger partial charge < -0.3 is 20.5 Å². The second kappa shape index (κ2) is 7.45. The fourth-order valence-electron chi connectivity index (χ4n) is 5.63. The molecule has 7 nitrogen and oxygen atoms in total. The number of carboxylic acid groups (broad SMARTS) is 1. The van der Waals surface area contributed by atoms with Crippen molar-refractivity contribution in [1.82, 2.24) is 5.32 Å². The molecular weight excluding hydrogens is 360 g/mol. The van der Waals surface area contributed by atoms with E-state index in [4.69, 9.17) is 4.74 Å². The topological polar surface area (TPSA) is 105 Å². The summed E-state index contributed by atoms with van der Waals surface area (Å²) >= 11 is 0. The fraction of sp³-hybridized carbons (Fsp3) is 0.571. The quantitative estimate of drug-likeness (QED) is 0.672. The van der Waals surface area contributed by atoms with Gasteiger partial charge in [0.1, 0.15) is 0 Å². The van der Waals surface area contributed by atoms with Crippen LogP contribution in [0.2, 0.25) is 0 Å². The van der Waals surface area contributed by atoms with Crippen LogP contribution in [0.4, 0.5) is 10.5 Å². The van der Waals surface area contributed by atoms with Crippen molar-refractivity contribution in [3.8, 4) is 0 Å². The second-order valence-corrected chi connectivity index (χ2v) is 8.38. The zero-order valence-electron chi connectivity index (χ0n) is 15.9. The van der Waals surface area contributed by atoms with Gasteiger partial charge in [-0.25, -0.2) is 14.4 Å². The van der Waals surface area contributed by atoms with E-state index in [2.05, 4.69) is 10.6 Å². The minimum Gasteiger partial charge on any atom is -0.478 e. The Hall–Kier alpha value is -2.57. The number of esters is 1. The Bertz CT molecular complexity index is 778. The van der Waals surface area contributed by atoms with E-state index < -0.39 is 11.9 Å². The van der Waals surface area contributed by atoms with E-state index in [-0.39, 0.29) is 35.5 Å². The summed E-state index contributed by atoms with van der Waals surface area (Å²) in [5.41, 5.74) is 0.298. The van der Waals surface area contributed by atoms with E-state index in [1.54, 1.807) is 6.92 Å². The third-order valence-corrected chi connectivity index (χ3v) is 6.47. The zero-order chi connectivity index (χ0) is 19.8. The van der Waals surface area contributed by atoms with Crippen LogP contribution in [0.1, 0.15) is 59.7 Å². The minimum absolute atomic E-state index is 0.0736. The summed E-state index contributed by atoms with van der Waals surface area (Å²) in [6, 6.07) is 3.87. The molecule has 0 heterocycles. The van der Waals surface area contributed by atoms with Crippen LogP contribution in [0.15, 0.2) is 18.2 Å². The van der Waals surface area contributed by atoms with Crippen LogP contribution < -0.4 is 10.6 Å². The highest BCUT2D eigenvalue weighted by molar-refractivity contribution is 5.98. The molecule has 3 N–H and O–H groups in total. The van der Waals surface area contributed by atoms with Crippen molar-refractivity contribution in [3.05, 3.63) is 29.3 Å². The lowest BCUT2D eigenvalue weighted by atomic mass is 9.54. The van der Waals surface area contributed by atoms with Crippen LogP contribution in [-0.2, 0) is 4.74 Å². The first-order valence-electron chi connectivity index (χ1n) is 10.1. The van der Waals surface area contributed by atoms with E-state index in [1.807, 2.05) is 0 Å². The first-order valence-corrected chi connectivity index (χ1v) is 10.1. The van der Waals surface area contributed by atoms with Gasteiger partial charge in [0.15, 0.2) is 0 Å². The maximum absolute atomic E-state index is 12.6. The number of carbonyl (C=O) groups excluding carboxylic acids is 2. The van der Waals surface area contributed by atoms with Gasteiger partial charge >= 0.3 is 18.0 Å². The van der Waals surface area contributed by atoms with Gasteiger partial charge in [0.2, 0.25) is 0 Å². The lowest BCUT2D eigenvalue weighted by Crippen LogP contribution is -2.56. The first-order chi connectivity index (χ1) is 13.4. The summed E-state index contributed by atoms with van der Waals surface area (Å²) in [4.78, 5) is 36.0. The molecule has 0 aromatic heterocycles. The largest absolute Gasteiger partial charge is 0.478 e. The average Bonchev–Trinajstić information content (AvgIpc) is 2.64. The van der Waals surface area contributed by atoms with Gasteiger partial charge in [-0.2, -0.15) is 0 Å². The number of nitrogens with one attached hydrogen (secondary N) is 2. The summed E-state index contributed by atoms with van der Waals surface area (Å²) in [6.45, 7) is 1.86. The third-order valence-electron chi connectivity index (χ3n) is 6.47. The van der Waals surface area contributed by atoms with Crippen LogP contribution in [-0.4, -0.2) is 35.7 Å². The Balaban J connectivity index is 1.46. The van der Waals surface area contributed by atoms with Crippen molar-refractivity contribution >= 4 is 23.7 Å². The monoisotopic (exact) mass is 386 g/mol. The molecule has 28 heavy (non-hydrogen) atoms. The van der Waals surface area contributed by atoms with E-state index >= 15 is 0 Å². The fourth-order valence-corrected chi connectivity index (χ4v) is 5.63. The predicted molar refractivity (Wildman–Crippen MR) is 102 cm³/mol. The molecule has 0 unspecified atom stereocenters. The van der Waals surface area contributed by atoms with Crippen LogP contribution in [0.3, 0.4) is 0 Å². The summed E-state index contributed by atoms with van der Waals surface area (Å²) in [5.74, 6) is 0.946. The zero-order valence-corrected chi connectivity index (χ0v) is 15.9. The van der Waals surface area contributed by atoms with Crippen molar-refractivity contribution < 1.29 is 24.2 Å². The summed E-state index contributed by atoms with van der Waals surface area (Å²) in [5, 5.41) is 15.1. The number of rotatable bonds is 5. The molecule has 4 aliphatic rings. The Kier molecular flexibility index (Phi) is 5.00. The highest BCUT2D eigenvalue weighted by Crippen LogP contribution is 2.53. The van der Waals surface area contributed by atoms with Gasteiger partial charge in [0.25, 0.3) is 0 Å². The number of aromatic carboxylic acids is 1. The van der Waals surface area contributed by atoms with E-state index in [0.29, 0.717) is 11.8 Å². The van der Waals surface area contributed by atoms with Crippen LogP contribution in [0.25, 0.3) is 0 Å². The van der Waals surface area contributed by atoms with Crippen LogP contribution in [0, 0.1) is 23.7 Å². The molecule has 4 bridgehead atoms. The third kappa shape index (κ3) is 3.70. The van der Waals surface area contributed by atoms with Gasteiger partial charge in [-0.05, 0) is 80.9 Å². The summed E-state index contributed by atoms with van der Waals surface area (Å²) < 4.78 is 4.95. The Morgan fingerprint density at radius 2 is 1.61 bits per heavy atom. The SMILES string of the molecule is CCOC(=O)c1cc(NC(=O)NC2C3CC4CC(C3)CC2C4)cc(C(=O)O)c1. The molecule has 1 aromatic rings. The standard InChI is InChI=1S/C21H26N2O5/c1-2-28-20(26)16-8-15(19(24)25)9-17(10-16)22-21(27)23-18-13-4-11-3-12(6-13)7-14(18)5-11/h8-14,18H,2-7H2,1H3,(H,24,25)(H2,22,23,27). The summed E-state index contributed by atoms with van der Waals surface area (Å²) in [6.07, 6.45) is 6.13. The van der Waals surface area contributed by atoms with Crippen molar-refractivity contribution in [3.63, 3.8) is 0 Å². The lowest BCUT2D eigenvalue weighted by molar-refractivity contribution is -0.00883. The number of amides is 2. The number of benzene rings is 1. The molecule has 0 atom stereocenters. The minimum atomic E-state index is -1.17. The van der Waals surface area contributed by atoms with Gasteiger partial charge in [0, 0.05) is 11.7 Å². The number of anilines is 1. The molecule has 2 amide bonds. The molecule has 0 radical (unpaired) electrons. The number of ether oxygens (including phenoxy) is 1. The summed E-state index contributed by atoms with van der Waals surface area (Å²) in [7, 11) is 0. The van der Waals surface area contributed by atoms with Crippen molar-refractivity contribution in [2.24, 2.45) is 23.7 Å². The molecule has 0 spiro atoms. The lowest BCUT2D eigenvalue weighted by Gasteiger charge is -2.54. The molecule has 4 fully saturated rings. The maximum atomic E-state index is 12.6. The molecular formula is C21H26N2O5. The molecule has 5 rings (SSSR count). The average molecular weight is 386 g/mol. The molecule has 7 heteroatoms. The number of hydrogen-bond donors (Lipinski definition) is 3. The molecule has 4 saturated carbocycles. The number of urea groups is 1. The Labute approximate surface area is 163 Å². The highest BCUT2D eigenvalue weighted by atomic mass is 16.5. The molecule has 0 saturated heterocycles. The maximum Gasteiger partial charge on any atom is 0.338 e. The molecule has 4 aliphatic carbocycles. The normalized spacial score (nSPS) is 30.0. The van der Waals surface area contributed by atoms with E-state index in [9.17, 15) is 19.5 Å². The van der Waals surface area contributed by atoms with Gasteiger partial charge in [0.05, 0.1) is 17.7 Å².